The molecule has 9 heteroatoms. The molecule has 2 N–H and O–H groups in total. The predicted octanol–water partition coefficient (Wildman–Crippen LogP) is 2.28. The highest BCUT2D eigenvalue weighted by molar-refractivity contribution is 6.08. The van der Waals surface area contributed by atoms with Gasteiger partial charge in [-0.05, 0) is 42.8 Å². The number of carbonyl (C=O) groups excluding carboxylic acids is 1. The van der Waals surface area contributed by atoms with Gasteiger partial charge in [0, 0.05) is 0 Å². The number of aromatic amines is 1. The van der Waals surface area contributed by atoms with E-state index >= 15 is 0 Å². The van der Waals surface area contributed by atoms with Gasteiger partial charge in [0.2, 0.25) is 0 Å². The van der Waals surface area contributed by atoms with Gasteiger partial charge in [-0.25, -0.2) is 8.91 Å². The summed E-state index contributed by atoms with van der Waals surface area (Å²) in [6, 6.07) is 9.17. The number of H-pyrrole nitrogens is 1. The molecule has 0 spiro atoms. The van der Waals surface area contributed by atoms with Crippen molar-refractivity contribution < 1.29 is 13.9 Å². The number of carbonyl (C=O) groups is 1. The lowest BCUT2D eigenvalue weighted by Gasteiger charge is -2.10. The Morgan fingerprint density at radius 2 is 2.07 bits per heavy atom. The molecule has 2 aromatic carbocycles. The van der Waals surface area contributed by atoms with Gasteiger partial charge in [0.15, 0.2) is 11.2 Å². The Kier molecular flexibility index (Phi) is 3.84. The molecule has 8 nitrogen and oxygen atoms in total. The molecule has 0 aliphatic carbocycles. The van der Waals surface area contributed by atoms with E-state index in [9.17, 15) is 14.0 Å². The maximum atomic E-state index is 13.4. The van der Waals surface area contributed by atoms with Crippen LogP contribution in [0.4, 0.5) is 10.1 Å². The second-order valence-corrected chi connectivity index (χ2v) is 5.97. The van der Waals surface area contributed by atoms with Crippen molar-refractivity contribution in [1.82, 2.24) is 19.8 Å². The van der Waals surface area contributed by atoms with Gasteiger partial charge in [0.1, 0.15) is 11.6 Å². The van der Waals surface area contributed by atoms with Gasteiger partial charge >= 0.3 is 0 Å². The first kappa shape index (κ1) is 16.7. The van der Waals surface area contributed by atoms with Crippen molar-refractivity contribution in [2.75, 3.05) is 12.4 Å². The van der Waals surface area contributed by atoms with Crippen LogP contribution in [0.5, 0.6) is 5.75 Å². The van der Waals surface area contributed by atoms with E-state index in [4.69, 9.17) is 4.74 Å². The molecular weight excluding hydrogens is 353 g/mol. The number of benzene rings is 2. The molecule has 0 aliphatic rings. The van der Waals surface area contributed by atoms with E-state index in [-0.39, 0.29) is 16.7 Å². The van der Waals surface area contributed by atoms with Gasteiger partial charge in [0.05, 0.1) is 23.8 Å². The number of methoxy groups -OCH3 is 1. The molecular formula is C18H14FN5O3. The first-order valence-electron chi connectivity index (χ1n) is 8.01. The van der Waals surface area contributed by atoms with Gasteiger partial charge in [-0.3, -0.25) is 9.59 Å². The number of ether oxygens (including phenoxy) is 1. The summed E-state index contributed by atoms with van der Waals surface area (Å²) >= 11 is 0. The third-order valence-electron chi connectivity index (χ3n) is 4.14. The molecule has 0 saturated carbocycles. The number of nitrogens with zero attached hydrogens (tertiary/aromatic N) is 3. The normalized spacial score (nSPS) is 11.1. The number of nitrogens with one attached hydrogen (secondary N) is 2. The standard InChI is InChI=1S/C18H14FN5O3/c1-9-3-6-14(27-2)12(7-9)21-17(25)15-16-18(26)20-11-8-10(19)4-5-13(11)24(16)23-22-15/h3-8H,1-2H3,(H,20,26)(H,21,25). The second kappa shape index (κ2) is 6.20. The summed E-state index contributed by atoms with van der Waals surface area (Å²) in [5.74, 6) is -0.636. The fraction of sp³-hybridized carbons (Fsp3) is 0.111. The fourth-order valence-electron chi connectivity index (χ4n) is 2.88. The van der Waals surface area contributed by atoms with Gasteiger partial charge < -0.3 is 15.0 Å². The summed E-state index contributed by atoms with van der Waals surface area (Å²) in [7, 11) is 1.49. The minimum absolute atomic E-state index is 0.0294. The maximum Gasteiger partial charge on any atom is 0.278 e. The summed E-state index contributed by atoms with van der Waals surface area (Å²) < 4.78 is 19.9. The molecule has 4 aromatic rings. The molecule has 0 radical (unpaired) electrons. The summed E-state index contributed by atoms with van der Waals surface area (Å²) in [6.45, 7) is 1.87. The van der Waals surface area contributed by atoms with Crippen LogP contribution < -0.4 is 15.6 Å². The van der Waals surface area contributed by atoms with Crippen LogP contribution in [-0.4, -0.2) is 32.8 Å². The van der Waals surface area contributed by atoms with Gasteiger partial charge in [-0.1, -0.05) is 11.3 Å². The Morgan fingerprint density at radius 3 is 2.85 bits per heavy atom. The first-order valence-corrected chi connectivity index (χ1v) is 8.01. The van der Waals surface area contributed by atoms with Crippen molar-refractivity contribution in [3.63, 3.8) is 0 Å². The van der Waals surface area contributed by atoms with Crippen LogP contribution in [0.2, 0.25) is 0 Å². The molecule has 0 fully saturated rings. The Balaban J connectivity index is 1.83. The lowest BCUT2D eigenvalue weighted by Crippen LogP contribution is -2.18. The van der Waals surface area contributed by atoms with E-state index in [0.717, 1.165) is 5.56 Å². The average molecular weight is 367 g/mol. The van der Waals surface area contributed by atoms with Crippen LogP contribution in [0.3, 0.4) is 0 Å². The molecule has 1 amide bonds. The van der Waals surface area contributed by atoms with E-state index in [1.807, 2.05) is 13.0 Å². The Labute approximate surface area is 151 Å². The molecule has 2 aromatic heterocycles. The largest absolute Gasteiger partial charge is 0.495 e. The number of anilines is 1. The van der Waals surface area contributed by atoms with Crippen LogP contribution >= 0.6 is 0 Å². The minimum Gasteiger partial charge on any atom is -0.495 e. The van der Waals surface area contributed by atoms with Crippen molar-refractivity contribution >= 4 is 28.1 Å². The van der Waals surface area contributed by atoms with Crippen LogP contribution in [0.1, 0.15) is 16.1 Å². The molecule has 2 heterocycles. The zero-order chi connectivity index (χ0) is 19.1. The van der Waals surface area contributed by atoms with E-state index in [1.54, 1.807) is 12.1 Å². The number of aromatic nitrogens is 4. The predicted molar refractivity (Wildman–Crippen MR) is 96.8 cm³/mol. The fourth-order valence-corrected chi connectivity index (χ4v) is 2.88. The quantitative estimate of drug-likeness (QED) is 0.578. The molecule has 0 bridgehead atoms. The van der Waals surface area contributed by atoms with Gasteiger partial charge in [-0.15, -0.1) is 5.10 Å². The van der Waals surface area contributed by atoms with Crippen LogP contribution in [0.25, 0.3) is 16.6 Å². The van der Waals surface area contributed by atoms with Crippen molar-refractivity contribution in [1.29, 1.82) is 0 Å². The third-order valence-corrected chi connectivity index (χ3v) is 4.14. The summed E-state index contributed by atoms with van der Waals surface area (Å²) in [6.07, 6.45) is 0. The van der Waals surface area contributed by atoms with Crippen molar-refractivity contribution in [2.45, 2.75) is 6.92 Å². The smallest absolute Gasteiger partial charge is 0.278 e. The van der Waals surface area contributed by atoms with E-state index in [2.05, 4.69) is 20.6 Å². The summed E-state index contributed by atoms with van der Waals surface area (Å²) in [5, 5.41) is 10.4. The van der Waals surface area contributed by atoms with E-state index in [1.165, 1.54) is 29.8 Å². The van der Waals surface area contributed by atoms with Crippen LogP contribution in [0.15, 0.2) is 41.2 Å². The van der Waals surface area contributed by atoms with Crippen molar-refractivity contribution in [3.05, 3.63) is 63.8 Å². The maximum absolute atomic E-state index is 13.4. The zero-order valence-corrected chi connectivity index (χ0v) is 14.4. The third kappa shape index (κ3) is 2.78. The average Bonchev–Trinajstić information content (AvgIpc) is 3.08. The molecule has 0 saturated heterocycles. The lowest BCUT2D eigenvalue weighted by molar-refractivity contribution is 0.102. The monoisotopic (exact) mass is 367 g/mol. The van der Waals surface area contributed by atoms with Gasteiger partial charge in [0.25, 0.3) is 11.5 Å². The molecule has 136 valence electrons. The number of hydrogen-bond acceptors (Lipinski definition) is 5. The molecule has 0 atom stereocenters. The highest BCUT2D eigenvalue weighted by Gasteiger charge is 2.21. The highest BCUT2D eigenvalue weighted by atomic mass is 19.1. The lowest BCUT2D eigenvalue weighted by atomic mass is 10.2. The molecule has 27 heavy (non-hydrogen) atoms. The van der Waals surface area contributed by atoms with Crippen molar-refractivity contribution in [2.24, 2.45) is 0 Å². The Morgan fingerprint density at radius 1 is 1.26 bits per heavy atom. The number of amides is 1. The van der Waals surface area contributed by atoms with Gasteiger partial charge in [-0.2, -0.15) is 0 Å². The van der Waals surface area contributed by atoms with Crippen molar-refractivity contribution in [3.8, 4) is 5.75 Å². The summed E-state index contributed by atoms with van der Waals surface area (Å²) in [5.41, 5.74) is 1.27. The molecule has 4 rings (SSSR count). The topological polar surface area (TPSA) is 101 Å². The zero-order valence-electron chi connectivity index (χ0n) is 14.4. The number of hydrogen-bond donors (Lipinski definition) is 2. The number of aryl methyl sites for hydroxylation is 1. The molecule has 0 aliphatic heterocycles. The number of halogens is 1. The SMILES string of the molecule is COc1ccc(C)cc1NC(=O)c1nnn2c1c(=O)[nH]c1cc(F)ccc12. The van der Waals surface area contributed by atoms with Crippen LogP contribution in [-0.2, 0) is 0 Å². The summed E-state index contributed by atoms with van der Waals surface area (Å²) in [4.78, 5) is 27.7. The number of fused-ring (bicyclic) bond motifs is 3. The van der Waals surface area contributed by atoms with E-state index in [0.29, 0.717) is 17.0 Å². The first-order chi connectivity index (χ1) is 13.0. The van der Waals surface area contributed by atoms with E-state index < -0.39 is 17.3 Å². The number of rotatable bonds is 3. The Bertz CT molecular complexity index is 1260. The molecule has 0 unspecified atom stereocenters. The minimum atomic E-state index is -0.610. The Hall–Kier alpha value is -3.75. The van der Waals surface area contributed by atoms with Crippen LogP contribution in [0, 0.1) is 12.7 Å². The second-order valence-electron chi connectivity index (χ2n) is 5.97. The highest BCUT2D eigenvalue weighted by Crippen LogP contribution is 2.26.